The van der Waals surface area contributed by atoms with Crippen LogP contribution in [0, 0.1) is 5.92 Å². The van der Waals surface area contributed by atoms with Crippen LogP contribution in [-0.2, 0) is 19.4 Å². The Morgan fingerprint density at radius 3 is 2.60 bits per heavy atom. The minimum absolute atomic E-state index is 0.272. The van der Waals surface area contributed by atoms with E-state index in [1.54, 1.807) is 0 Å². The maximum Gasteiger partial charge on any atom is 0.134 e. The lowest BCUT2D eigenvalue weighted by atomic mass is 9.92. The summed E-state index contributed by atoms with van der Waals surface area (Å²) in [5, 5.41) is 8.76. The van der Waals surface area contributed by atoms with E-state index in [0.29, 0.717) is 6.04 Å². The van der Waals surface area contributed by atoms with Gasteiger partial charge in [-0.3, -0.25) is 0 Å². The second-order valence-electron chi connectivity index (χ2n) is 6.71. The van der Waals surface area contributed by atoms with Crippen molar-refractivity contribution in [3.8, 4) is 0 Å². The predicted molar refractivity (Wildman–Crippen MR) is 79.5 cm³/mol. The molecule has 1 aromatic heterocycles. The molecule has 1 aromatic rings. The monoisotopic (exact) mass is 277 g/mol. The Morgan fingerprint density at radius 2 is 1.90 bits per heavy atom. The standard InChI is InChI=1S/C15H27N5/c1-11(2)19-6-3-12(4-7-19)9-14-17-18-15-10-13(16)5-8-20(14)15/h11-13H,3-10,16H2,1-2H3. The fourth-order valence-electron chi connectivity index (χ4n) is 3.50. The van der Waals surface area contributed by atoms with Gasteiger partial charge in [-0.1, -0.05) is 0 Å². The summed E-state index contributed by atoms with van der Waals surface area (Å²) in [7, 11) is 0. The van der Waals surface area contributed by atoms with Crippen molar-refractivity contribution in [2.45, 2.75) is 64.6 Å². The largest absolute Gasteiger partial charge is 0.327 e. The van der Waals surface area contributed by atoms with E-state index in [2.05, 4.69) is 33.5 Å². The van der Waals surface area contributed by atoms with E-state index in [1.165, 1.54) is 31.8 Å². The first-order chi connectivity index (χ1) is 9.63. The number of likely N-dealkylation sites (tertiary alicyclic amines) is 1. The van der Waals surface area contributed by atoms with Crippen molar-refractivity contribution in [3.63, 3.8) is 0 Å². The molecule has 3 rings (SSSR count). The molecule has 2 aliphatic rings. The van der Waals surface area contributed by atoms with Crippen LogP contribution in [0.2, 0.25) is 0 Å². The van der Waals surface area contributed by atoms with Crippen LogP contribution in [0.1, 0.15) is 44.8 Å². The van der Waals surface area contributed by atoms with Crippen molar-refractivity contribution in [1.29, 1.82) is 0 Å². The van der Waals surface area contributed by atoms with Crippen LogP contribution < -0.4 is 5.73 Å². The molecular weight excluding hydrogens is 250 g/mol. The number of piperidine rings is 1. The zero-order valence-electron chi connectivity index (χ0n) is 12.8. The highest BCUT2D eigenvalue weighted by molar-refractivity contribution is 5.02. The minimum atomic E-state index is 0.272. The van der Waals surface area contributed by atoms with Gasteiger partial charge < -0.3 is 15.2 Å². The number of fused-ring (bicyclic) bond motifs is 1. The lowest BCUT2D eigenvalue weighted by molar-refractivity contribution is 0.148. The smallest absolute Gasteiger partial charge is 0.134 e. The molecule has 0 saturated carbocycles. The first-order valence-electron chi connectivity index (χ1n) is 8.04. The van der Waals surface area contributed by atoms with Crippen LogP contribution >= 0.6 is 0 Å². The topological polar surface area (TPSA) is 60.0 Å². The van der Waals surface area contributed by atoms with Gasteiger partial charge in [0.25, 0.3) is 0 Å². The molecule has 2 aliphatic heterocycles. The van der Waals surface area contributed by atoms with Gasteiger partial charge in [0.05, 0.1) is 0 Å². The van der Waals surface area contributed by atoms with E-state index >= 15 is 0 Å². The summed E-state index contributed by atoms with van der Waals surface area (Å²) >= 11 is 0. The predicted octanol–water partition coefficient (Wildman–Crippen LogP) is 1.21. The molecule has 112 valence electrons. The summed E-state index contributed by atoms with van der Waals surface area (Å²) < 4.78 is 2.32. The molecule has 0 radical (unpaired) electrons. The van der Waals surface area contributed by atoms with Crippen LogP contribution in [0.5, 0.6) is 0 Å². The van der Waals surface area contributed by atoms with E-state index < -0.39 is 0 Å². The van der Waals surface area contributed by atoms with E-state index in [9.17, 15) is 0 Å². The molecule has 0 bridgehead atoms. The third-order valence-corrected chi connectivity index (χ3v) is 4.92. The summed E-state index contributed by atoms with van der Waals surface area (Å²) in [5.41, 5.74) is 6.00. The van der Waals surface area contributed by atoms with Gasteiger partial charge in [0.1, 0.15) is 11.6 Å². The van der Waals surface area contributed by atoms with E-state index in [1.807, 2.05) is 0 Å². The number of nitrogens with zero attached hydrogens (tertiary/aromatic N) is 4. The molecule has 3 heterocycles. The number of hydrogen-bond donors (Lipinski definition) is 1. The molecule has 1 atom stereocenters. The van der Waals surface area contributed by atoms with Crippen molar-refractivity contribution < 1.29 is 0 Å². The van der Waals surface area contributed by atoms with Gasteiger partial charge in [-0.2, -0.15) is 0 Å². The van der Waals surface area contributed by atoms with E-state index in [0.717, 1.165) is 37.5 Å². The Kier molecular flexibility index (Phi) is 4.08. The molecule has 2 N–H and O–H groups in total. The number of nitrogens with two attached hydrogens (primary N) is 1. The van der Waals surface area contributed by atoms with Crippen molar-refractivity contribution in [2.75, 3.05) is 13.1 Å². The lowest BCUT2D eigenvalue weighted by Crippen LogP contribution is -2.39. The fraction of sp³-hybridized carbons (Fsp3) is 0.867. The van der Waals surface area contributed by atoms with Gasteiger partial charge in [0.15, 0.2) is 0 Å². The Balaban J connectivity index is 1.60. The molecule has 0 aromatic carbocycles. The molecule has 0 aliphatic carbocycles. The Bertz CT molecular complexity index is 445. The normalized spacial score (nSPS) is 25.1. The first-order valence-corrected chi connectivity index (χ1v) is 8.04. The quantitative estimate of drug-likeness (QED) is 0.902. The Labute approximate surface area is 121 Å². The van der Waals surface area contributed by atoms with Crippen molar-refractivity contribution in [3.05, 3.63) is 11.6 Å². The summed E-state index contributed by atoms with van der Waals surface area (Å²) in [6.07, 6.45) is 5.62. The van der Waals surface area contributed by atoms with Crippen molar-refractivity contribution in [2.24, 2.45) is 11.7 Å². The zero-order valence-corrected chi connectivity index (χ0v) is 12.8. The van der Waals surface area contributed by atoms with Gasteiger partial charge in [0, 0.05) is 31.5 Å². The van der Waals surface area contributed by atoms with Gasteiger partial charge in [-0.25, -0.2) is 0 Å². The van der Waals surface area contributed by atoms with Crippen molar-refractivity contribution >= 4 is 0 Å². The second kappa shape index (κ2) is 5.82. The SMILES string of the molecule is CC(C)N1CCC(Cc2nnc3n2CCC(N)C3)CC1. The summed E-state index contributed by atoms with van der Waals surface area (Å²) in [5.74, 6) is 3.06. The molecule has 0 amide bonds. The molecule has 1 unspecified atom stereocenters. The highest BCUT2D eigenvalue weighted by Gasteiger charge is 2.25. The van der Waals surface area contributed by atoms with E-state index in [-0.39, 0.29) is 6.04 Å². The van der Waals surface area contributed by atoms with Crippen LogP contribution in [0.25, 0.3) is 0 Å². The molecule has 0 spiro atoms. The summed E-state index contributed by atoms with van der Waals surface area (Å²) in [4.78, 5) is 2.58. The van der Waals surface area contributed by atoms with Crippen LogP contribution in [0.3, 0.4) is 0 Å². The molecule has 20 heavy (non-hydrogen) atoms. The highest BCUT2D eigenvalue weighted by atomic mass is 15.3. The number of rotatable bonds is 3. The van der Waals surface area contributed by atoms with E-state index in [4.69, 9.17) is 5.73 Å². The lowest BCUT2D eigenvalue weighted by Gasteiger charge is -2.34. The van der Waals surface area contributed by atoms with Gasteiger partial charge in [-0.15, -0.1) is 10.2 Å². The highest BCUT2D eigenvalue weighted by Crippen LogP contribution is 2.23. The van der Waals surface area contributed by atoms with Gasteiger partial charge in [-0.05, 0) is 52.1 Å². The van der Waals surface area contributed by atoms with Crippen LogP contribution in [-0.4, -0.2) is 44.8 Å². The average molecular weight is 277 g/mol. The molecule has 5 heteroatoms. The minimum Gasteiger partial charge on any atom is -0.327 e. The average Bonchev–Trinajstić information content (AvgIpc) is 2.81. The molecule has 1 fully saturated rings. The summed E-state index contributed by atoms with van der Waals surface area (Å²) in [6, 6.07) is 0.951. The second-order valence-corrected chi connectivity index (χ2v) is 6.71. The molecule has 1 saturated heterocycles. The maximum absolute atomic E-state index is 6.00. The number of hydrogen-bond acceptors (Lipinski definition) is 4. The maximum atomic E-state index is 6.00. The van der Waals surface area contributed by atoms with Crippen LogP contribution in [0.4, 0.5) is 0 Å². The third-order valence-electron chi connectivity index (χ3n) is 4.92. The Morgan fingerprint density at radius 1 is 1.15 bits per heavy atom. The van der Waals surface area contributed by atoms with Gasteiger partial charge in [0.2, 0.25) is 0 Å². The molecule has 5 nitrogen and oxygen atoms in total. The third kappa shape index (κ3) is 2.88. The fourth-order valence-corrected chi connectivity index (χ4v) is 3.50. The Hall–Kier alpha value is -0.940. The number of aromatic nitrogens is 3. The van der Waals surface area contributed by atoms with Crippen molar-refractivity contribution in [1.82, 2.24) is 19.7 Å². The first kappa shape index (κ1) is 14.0. The zero-order chi connectivity index (χ0) is 14.1. The van der Waals surface area contributed by atoms with Gasteiger partial charge >= 0.3 is 0 Å². The molecular formula is C15H27N5. The van der Waals surface area contributed by atoms with Crippen LogP contribution in [0.15, 0.2) is 0 Å². The summed E-state index contributed by atoms with van der Waals surface area (Å²) in [6.45, 7) is 8.04.